The zero-order valence-corrected chi connectivity index (χ0v) is 14.4. The molecule has 2 aromatic rings. The summed E-state index contributed by atoms with van der Waals surface area (Å²) in [5.74, 6) is -2.08. The number of hydrogen-bond donors (Lipinski definition) is 2. The summed E-state index contributed by atoms with van der Waals surface area (Å²) in [5.41, 5.74) is 4.11. The number of methoxy groups -OCH3 is 1. The first-order valence-corrected chi connectivity index (χ1v) is 7.88. The Morgan fingerprint density at radius 1 is 1.00 bits per heavy atom. The van der Waals surface area contributed by atoms with E-state index in [0.717, 1.165) is 5.56 Å². The lowest BCUT2D eigenvalue weighted by atomic mass is 10.1. The number of esters is 1. The predicted molar refractivity (Wildman–Crippen MR) is 96.5 cm³/mol. The number of carbonyl (C=O) groups excluding carboxylic acids is 3. The Kier molecular flexibility index (Phi) is 6.61. The summed E-state index contributed by atoms with van der Waals surface area (Å²) in [6.07, 6.45) is 1.37. The van der Waals surface area contributed by atoms with E-state index < -0.39 is 17.8 Å². The normalized spacial score (nSPS) is 11.6. The highest BCUT2D eigenvalue weighted by atomic mass is 16.5. The molecule has 0 unspecified atom stereocenters. The van der Waals surface area contributed by atoms with Crippen molar-refractivity contribution in [1.82, 2.24) is 10.7 Å². The fraction of sp³-hybridized carbons (Fsp3) is 0.158. The maximum Gasteiger partial charge on any atom is 0.337 e. The van der Waals surface area contributed by atoms with Gasteiger partial charge in [-0.1, -0.05) is 42.5 Å². The first kappa shape index (κ1) is 18.9. The van der Waals surface area contributed by atoms with E-state index in [1.165, 1.54) is 13.3 Å². The van der Waals surface area contributed by atoms with E-state index in [9.17, 15) is 14.4 Å². The van der Waals surface area contributed by atoms with Crippen molar-refractivity contribution < 1.29 is 19.1 Å². The average Bonchev–Trinajstić information content (AvgIpc) is 2.68. The Labute approximate surface area is 151 Å². The van der Waals surface area contributed by atoms with Gasteiger partial charge in [0.05, 0.1) is 24.9 Å². The van der Waals surface area contributed by atoms with Gasteiger partial charge in [-0.05, 0) is 30.2 Å². The van der Waals surface area contributed by atoms with E-state index >= 15 is 0 Å². The number of nitrogens with one attached hydrogen (secondary N) is 2. The molecule has 2 N–H and O–H groups in total. The van der Waals surface area contributed by atoms with Crippen LogP contribution in [-0.4, -0.2) is 31.1 Å². The van der Waals surface area contributed by atoms with Crippen molar-refractivity contribution in [2.45, 2.75) is 13.0 Å². The summed E-state index contributed by atoms with van der Waals surface area (Å²) in [4.78, 5) is 35.0. The minimum Gasteiger partial charge on any atom is -0.465 e. The van der Waals surface area contributed by atoms with Crippen LogP contribution in [0.2, 0.25) is 0 Å². The van der Waals surface area contributed by atoms with E-state index in [1.54, 1.807) is 31.2 Å². The minimum atomic E-state index is -0.866. The van der Waals surface area contributed by atoms with Gasteiger partial charge < -0.3 is 10.1 Å². The Morgan fingerprint density at radius 3 is 2.27 bits per heavy atom. The number of ether oxygens (including phenoxy) is 1. The first-order chi connectivity index (χ1) is 12.5. The van der Waals surface area contributed by atoms with Crippen molar-refractivity contribution in [2.75, 3.05) is 7.11 Å². The molecule has 0 radical (unpaired) electrons. The fourth-order valence-electron chi connectivity index (χ4n) is 2.13. The van der Waals surface area contributed by atoms with Crippen molar-refractivity contribution in [2.24, 2.45) is 5.10 Å². The Bertz CT molecular complexity index is 801. The summed E-state index contributed by atoms with van der Waals surface area (Å²) in [6.45, 7) is 1.78. The molecule has 0 aromatic heterocycles. The van der Waals surface area contributed by atoms with Gasteiger partial charge in [0.15, 0.2) is 0 Å². The van der Waals surface area contributed by atoms with E-state index in [4.69, 9.17) is 0 Å². The SMILES string of the molecule is COC(=O)c1ccc(C=NNC(=O)C(=O)N[C@H](C)c2ccccc2)cc1. The topological polar surface area (TPSA) is 96.9 Å². The van der Waals surface area contributed by atoms with E-state index in [2.05, 4.69) is 20.6 Å². The van der Waals surface area contributed by atoms with Gasteiger partial charge in [-0.2, -0.15) is 5.10 Å². The van der Waals surface area contributed by atoms with Crippen molar-refractivity contribution in [3.05, 3.63) is 71.3 Å². The summed E-state index contributed by atoms with van der Waals surface area (Å²) in [5, 5.41) is 6.33. The van der Waals surface area contributed by atoms with Crippen LogP contribution in [0.3, 0.4) is 0 Å². The van der Waals surface area contributed by atoms with Crippen LogP contribution < -0.4 is 10.7 Å². The zero-order chi connectivity index (χ0) is 18.9. The summed E-state index contributed by atoms with van der Waals surface area (Å²) in [6, 6.07) is 15.4. The molecule has 2 amide bonds. The number of benzene rings is 2. The van der Waals surface area contributed by atoms with Crippen molar-refractivity contribution in [3.8, 4) is 0 Å². The van der Waals surface area contributed by atoms with Gasteiger partial charge in [-0.3, -0.25) is 9.59 Å². The van der Waals surface area contributed by atoms with Crippen LogP contribution in [0.1, 0.15) is 34.5 Å². The van der Waals surface area contributed by atoms with Gasteiger partial charge in [0.1, 0.15) is 0 Å². The van der Waals surface area contributed by atoms with Crippen molar-refractivity contribution in [1.29, 1.82) is 0 Å². The molecule has 2 rings (SSSR count). The lowest BCUT2D eigenvalue weighted by molar-refractivity contribution is -0.139. The van der Waals surface area contributed by atoms with Crippen LogP contribution in [0.25, 0.3) is 0 Å². The molecule has 0 saturated heterocycles. The van der Waals surface area contributed by atoms with Gasteiger partial charge in [-0.15, -0.1) is 0 Å². The number of hydrazone groups is 1. The zero-order valence-electron chi connectivity index (χ0n) is 14.4. The third-order valence-electron chi connectivity index (χ3n) is 3.56. The Morgan fingerprint density at radius 2 is 1.65 bits per heavy atom. The molecule has 7 nitrogen and oxygen atoms in total. The Hall–Kier alpha value is -3.48. The Balaban J connectivity index is 1.86. The lowest BCUT2D eigenvalue weighted by Crippen LogP contribution is -2.39. The molecule has 0 saturated carbocycles. The first-order valence-electron chi connectivity index (χ1n) is 7.88. The maximum absolute atomic E-state index is 11.9. The molecule has 7 heteroatoms. The molecule has 0 aliphatic heterocycles. The molecule has 0 aliphatic rings. The van der Waals surface area contributed by atoms with Crippen LogP contribution in [0, 0.1) is 0 Å². The second kappa shape index (κ2) is 9.12. The molecule has 0 bridgehead atoms. The van der Waals surface area contributed by atoms with Crippen LogP contribution in [0.15, 0.2) is 59.7 Å². The van der Waals surface area contributed by atoms with Gasteiger partial charge in [0.2, 0.25) is 0 Å². The fourth-order valence-corrected chi connectivity index (χ4v) is 2.13. The van der Waals surface area contributed by atoms with Gasteiger partial charge >= 0.3 is 17.8 Å². The molecule has 134 valence electrons. The number of amides is 2. The number of rotatable bonds is 5. The average molecular weight is 353 g/mol. The molecular weight excluding hydrogens is 334 g/mol. The summed E-state index contributed by atoms with van der Waals surface area (Å²) < 4.78 is 4.60. The molecule has 2 aromatic carbocycles. The highest BCUT2D eigenvalue weighted by molar-refractivity contribution is 6.35. The number of nitrogens with zero attached hydrogens (tertiary/aromatic N) is 1. The smallest absolute Gasteiger partial charge is 0.337 e. The standard InChI is InChI=1S/C19H19N3O4/c1-13(15-6-4-3-5-7-15)21-17(23)18(24)22-20-12-14-8-10-16(11-9-14)19(25)26-2/h3-13H,1-2H3,(H,21,23)(H,22,24)/t13-/m1/s1. The molecule has 26 heavy (non-hydrogen) atoms. The third kappa shape index (κ3) is 5.27. The molecule has 0 heterocycles. The molecule has 0 spiro atoms. The second-order valence-corrected chi connectivity index (χ2v) is 5.42. The molecular formula is C19H19N3O4. The molecule has 0 aliphatic carbocycles. The van der Waals surface area contributed by atoms with E-state index in [0.29, 0.717) is 11.1 Å². The van der Waals surface area contributed by atoms with Crippen LogP contribution in [0.5, 0.6) is 0 Å². The quantitative estimate of drug-likeness (QED) is 0.371. The van der Waals surface area contributed by atoms with Crippen molar-refractivity contribution in [3.63, 3.8) is 0 Å². The van der Waals surface area contributed by atoms with Crippen molar-refractivity contribution >= 4 is 24.0 Å². The van der Waals surface area contributed by atoms with Gasteiger partial charge in [-0.25, -0.2) is 10.2 Å². The van der Waals surface area contributed by atoms with Gasteiger partial charge in [0.25, 0.3) is 0 Å². The number of carbonyl (C=O) groups is 3. The summed E-state index contributed by atoms with van der Waals surface area (Å²) >= 11 is 0. The van der Waals surface area contributed by atoms with Gasteiger partial charge in [0, 0.05) is 0 Å². The monoisotopic (exact) mass is 353 g/mol. The van der Waals surface area contributed by atoms with E-state index in [1.807, 2.05) is 30.3 Å². The molecule has 1 atom stereocenters. The lowest BCUT2D eigenvalue weighted by Gasteiger charge is -2.13. The highest BCUT2D eigenvalue weighted by Crippen LogP contribution is 2.10. The minimum absolute atomic E-state index is 0.302. The second-order valence-electron chi connectivity index (χ2n) is 5.42. The number of hydrogen-bond acceptors (Lipinski definition) is 5. The largest absolute Gasteiger partial charge is 0.465 e. The van der Waals surface area contributed by atoms with Crippen LogP contribution in [-0.2, 0) is 14.3 Å². The third-order valence-corrected chi connectivity index (χ3v) is 3.56. The maximum atomic E-state index is 11.9. The van der Waals surface area contributed by atoms with Crippen LogP contribution >= 0.6 is 0 Å². The van der Waals surface area contributed by atoms with Crippen LogP contribution in [0.4, 0.5) is 0 Å². The molecule has 0 fully saturated rings. The predicted octanol–water partition coefficient (Wildman–Crippen LogP) is 1.80. The van der Waals surface area contributed by atoms with E-state index in [-0.39, 0.29) is 6.04 Å². The summed E-state index contributed by atoms with van der Waals surface area (Å²) in [7, 11) is 1.30. The highest BCUT2D eigenvalue weighted by Gasteiger charge is 2.16.